The van der Waals surface area contributed by atoms with E-state index in [9.17, 15) is 0 Å². The number of fused-ring (bicyclic) bond motifs is 3. The van der Waals surface area contributed by atoms with Crippen molar-refractivity contribution < 1.29 is 4.42 Å². The van der Waals surface area contributed by atoms with Crippen molar-refractivity contribution in [1.82, 2.24) is 0 Å². The zero-order valence-corrected chi connectivity index (χ0v) is 30.8. The fourth-order valence-corrected chi connectivity index (χ4v) is 7.77. The van der Waals surface area contributed by atoms with Crippen LogP contribution >= 0.6 is 0 Å². The Morgan fingerprint density at radius 1 is 0.370 bits per heavy atom. The van der Waals surface area contributed by atoms with Crippen LogP contribution in [-0.4, -0.2) is 0 Å². The summed E-state index contributed by atoms with van der Waals surface area (Å²) in [4.78, 5) is 2.35. The Bertz CT molecular complexity index is 2700. The number of para-hydroxylation sites is 2. The molecule has 0 bridgehead atoms. The van der Waals surface area contributed by atoms with E-state index in [0.29, 0.717) is 0 Å². The SMILES string of the molecule is CC(C)(C)c1cccc(-c2ccccc2)c1-c1ccc(N(c2ccc(-c3ccccc3)cc2)c2ccc(-c3cccc4c3oc3ccccc34)cc2)cc1. The number of benzene rings is 8. The third-order valence-corrected chi connectivity index (χ3v) is 10.4. The average molecular weight is 696 g/mol. The predicted octanol–water partition coefficient (Wildman–Crippen LogP) is 15.0. The maximum atomic E-state index is 6.41. The van der Waals surface area contributed by atoms with E-state index in [1.807, 2.05) is 12.1 Å². The second-order valence-electron chi connectivity index (χ2n) is 15.0. The summed E-state index contributed by atoms with van der Waals surface area (Å²) < 4.78 is 6.41. The van der Waals surface area contributed by atoms with Crippen LogP contribution in [0.3, 0.4) is 0 Å². The lowest BCUT2D eigenvalue weighted by atomic mass is 9.79. The molecule has 0 aliphatic carbocycles. The van der Waals surface area contributed by atoms with Crippen LogP contribution in [0, 0.1) is 0 Å². The third-order valence-electron chi connectivity index (χ3n) is 10.4. The molecular weight excluding hydrogens is 655 g/mol. The van der Waals surface area contributed by atoms with Crippen molar-refractivity contribution in [1.29, 1.82) is 0 Å². The molecule has 9 rings (SSSR count). The van der Waals surface area contributed by atoms with Crippen molar-refractivity contribution in [2.75, 3.05) is 4.90 Å². The van der Waals surface area contributed by atoms with Gasteiger partial charge < -0.3 is 9.32 Å². The van der Waals surface area contributed by atoms with E-state index in [0.717, 1.165) is 50.1 Å². The first-order valence-corrected chi connectivity index (χ1v) is 18.7. The van der Waals surface area contributed by atoms with E-state index in [1.165, 1.54) is 38.9 Å². The van der Waals surface area contributed by atoms with Gasteiger partial charge in [-0.2, -0.15) is 0 Å². The molecule has 0 saturated carbocycles. The third kappa shape index (κ3) is 6.16. The molecule has 1 aromatic heterocycles. The Morgan fingerprint density at radius 3 is 1.46 bits per heavy atom. The number of furan rings is 1. The van der Waals surface area contributed by atoms with Gasteiger partial charge in [0.15, 0.2) is 0 Å². The molecule has 8 aromatic carbocycles. The molecule has 0 amide bonds. The van der Waals surface area contributed by atoms with Crippen molar-refractivity contribution in [3.8, 4) is 44.5 Å². The minimum atomic E-state index is -0.0280. The molecule has 0 N–H and O–H groups in total. The summed E-state index contributed by atoms with van der Waals surface area (Å²) in [6.07, 6.45) is 0. The molecule has 0 aliphatic rings. The van der Waals surface area contributed by atoms with Crippen molar-refractivity contribution in [3.05, 3.63) is 200 Å². The van der Waals surface area contributed by atoms with Gasteiger partial charge in [-0.3, -0.25) is 0 Å². The number of nitrogens with zero attached hydrogens (tertiary/aromatic N) is 1. The maximum absolute atomic E-state index is 6.41. The lowest BCUT2D eigenvalue weighted by Crippen LogP contribution is -2.13. The molecule has 0 spiro atoms. The minimum Gasteiger partial charge on any atom is -0.455 e. The molecule has 0 aliphatic heterocycles. The fourth-order valence-electron chi connectivity index (χ4n) is 7.77. The molecule has 9 aromatic rings. The van der Waals surface area contributed by atoms with E-state index in [4.69, 9.17) is 4.42 Å². The molecule has 0 saturated heterocycles. The highest BCUT2D eigenvalue weighted by Gasteiger charge is 2.23. The normalized spacial score (nSPS) is 11.6. The van der Waals surface area contributed by atoms with Gasteiger partial charge >= 0.3 is 0 Å². The van der Waals surface area contributed by atoms with E-state index in [-0.39, 0.29) is 5.41 Å². The highest BCUT2D eigenvalue weighted by molar-refractivity contribution is 6.09. The van der Waals surface area contributed by atoms with Gasteiger partial charge in [0.2, 0.25) is 0 Å². The Morgan fingerprint density at radius 2 is 0.833 bits per heavy atom. The quantitative estimate of drug-likeness (QED) is 0.165. The van der Waals surface area contributed by atoms with E-state index >= 15 is 0 Å². The second kappa shape index (κ2) is 13.7. The predicted molar refractivity (Wildman–Crippen MR) is 229 cm³/mol. The van der Waals surface area contributed by atoms with Gasteiger partial charge in [-0.05, 0) is 92.4 Å². The largest absolute Gasteiger partial charge is 0.455 e. The molecule has 2 heteroatoms. The Kier molecular flexibility index (Phi) is 8.44. The average Bonchev–Trinajstić information content (AvgIpc) is 3.61. The number of hydrogen-bond acceptors (Lipinski definition) is 2. The van der Waals surface area contributed by atoms with Gasteiger partial charge in [0.05, 0.1) is 0 Å². The number of anilines is 3. The summed E-state index contributed by atoms with van der Waals surface area (Å²) in [5, 5.41) is 2.27. The maximum Gasteiger partial charge on any atom is 0.143 e. The van der Waals surface area contributed by atoms with Crippen LogP contribution in [0.15, 0.2) is 199 Å². The summed E-state index contributed by atoms with van der Waals surface area (Å²) in [6.45, 7) is 6.90. The van der Waals surface area contributed by atoms with Gasteiger partial charge in [-0.15, -0.1) is 0 Å². The monoisotopic (exact) mass is 695 g/mol. The summed E-state index contributed by atoms with van der Waals surface area (Å²) in [5.74, 6) is 0. The molecule has 260 valence electrons. The first kappa shape index (κ1) is 33.2. The summed E-state index contributed by atoms with van der Waals surface area (Å²) in [5.41, 5.74) is 16.0. The van der Waals surface area contributed by atoms with Crippen molar-refractivity contribution >= 4 is 39.0 Å². The van der Waals surface area contributed by atoms with Gasteiger partial charge in [-0.1, -0.05) is 172 Å². The zero-order chi connectivity index (χ0) is 36.6. The van der Waals surface area contributed by atoms with Crippen LogP contribution in [0.25, 0.3) is 66.4 Å². The lowest BCUT2D eigenvalue weighted by molar-refractivity contribution is 0.592. The van der Waals surface area contributed by atoms with Crippen molar-refractivity contribution in [2.45, 2.75) is 26.2 Å². The highest BCUT2D eigenvalue weighted by atomic mass is 16.3. The van der Waals surface area contributed by atoms with Gasteiger partial charge in [0.25, 0.3) is 0 Å². The molecule has 1 heterocycles. The Labute approximate surface area is 317 Å². The van der Waals surface area contributed by atoms with Gasteiger partial charge in [0.1, 0.15) is 11.2 Å². The van der Waals surface area contributed by atoms with E-state index in [1.54, 1.807) is 0 Å². The molecule has 0 radical (unpaired) electrons. The topological polar surface area (TPSA) is 16.4 Å². The molecule has 54 heavy (non-hydrogen) atoms. The fraction of sp³-hybridized carbons (Fsp3) is 0.0769. The van der Waals surface area contributed by atoms with Gasteiger partial charge in [0, 0.05) is 33.4 Å². The number of hydrogen-bond donors (Lipinski definition) is 0. The smallest absolute Gasteiger partial charge is 0.143 e. The first-order valence-electron chi connectivity index (χ1n) is 18.7. The number of rotatable bonds is 7. The minimum absolute atomic E-state index is 0.0280. The standard InChI is InChI=1S/C52H41NO/c1-52(2,3)48-22-13-19-44(38-16-8-5-9-17-38)50(48)40-28-34-43(35-29-40)53(41-30-24-37(25-31-41)36-14-6-4-7-15-36)42-32-26-39(27-33-42)45-20-12-21-47-46-18-10-11-23-49(46)54-51(45)47/h4-35H,1-3H3. The van der Waals surface area contributed by atoms with Crippen molar-refractivity contribution in [3.63, 3.8) is 0 Å². The lowest BCUT2D eigenvalue weighted by Gasteiger charge is -2.28. The molecule has 0 fully saturated rings. The van der Waals surface area contributed by atoms with Crippen LogP contribution in [0.2, 0.25) is 0 Å². The van der Waals surface area contributed by atoms with Crippen LogP contribution < -0.4 is 4.90 Å². The molecular formula is C52H41NO. The van der Waals surface area contributed by atoms with Crippen LogP contribution in [0.5, 0.6) is 0 Å². The Balaban J connectivity index is 1.14. The molecule has 0 unspecified atom stereocenters. The highest BCUT2D eigenvalue weighted by Crippen LogP contribution is 2.43. The van der Waals surface area contributed by atoms with Crippen LogP contribution in [0.4, 0.5) is 17.1 Å². The van der Waals surface area contributed by atoms with Crippen LogP contribution in [-0.2, 0) is 5.41 Å². The second-order valence-corrected chi connectivity index (χ2v) is 15.0. The first-order chi connectivity index (χ1) is 26.4. The zero-order valence-electron chi connectivity index (χ0n) is 30.8. The summed E-state index contributed by atoms with van der Waals surface area (Å²) >= 11 is 0. The van der Waals surface area contributed by atoms with Crippen molar-refractivity contribution in [2.24, 2.45) is 0 Å². The summed E-state index contributed by atoms with van der Waals surface area (Å²) in [6, 6.07) is 69.5. The Hall–Kier alpha value is -6.64. The summed E-state index contributed by atoms with van der Waals surface area (Å²) in [7, 11) is 0. The van der Waals surface area contributed by atoms with Gasteiger partial charge in [-0.25, -0.2) is 0 Å². The van der Waals surface area contributed by atoms with E-state index < -0.39 is 0 Å². The van der Waals surface area contributed by atoms with Crippen LogP contribution in [0.1, 0.15) is 26.3 Å². The van der Waals surface area contributed by atoms with E-state index in [2.05, 4.69) is 208 Å². The molecule has 0 atom stereocenters. The molecule has 2 nitrogen and oxygen atoms in total.